The number of aromatic nitrogens is 7. The lowest BCUT2D eigenvalue weighted by Crippen LogP contribution is -1.99. The molecule has 0 radical (unpaired) electrons. The van der Waals surface area contributed by atoms with Crippen LogP contribution in [0.15, 0.2) is 61.2 Å². The number of hydrogen-bond acceptors (Lipinski definition) is 5. The Morgan fingerprint density at radius 2 is 1.76 bits per heavy atom. The lowest BCUT2D eigenvalue weighted by Gasteiger charge is -2.03. The third-order valence-corrected chi connectivity index (χ3v) is 4.19. The van der Waals surface area contributed by atoms with Crippen LogP contribution in [0.2, 0.25) is 5.02 Å². The van der Waals surface area contributed by atoms with E-state index < -0.39 is 0 Å². The van der Waals surface area contributed by atoms with E-state index in [9.17, 15) is 0 Å². The average molecular weight is 348 g/mol. The van der Waals surface area contributed by atoms with Gasteiger partial charge in [-0.2, -0.15) is 5.10 Å². The molecule has 0 fully saturated rings. The molecule has 5 aromatic rings. The third kappa shape index (κ3) is 2.17. The number of benzene rings is 1. The summed E-state index contributed by atoms with van der Waals surface area (Å²) in [6.45, 7) is 0. The second-order valence-corrected chi connectivity index (χ2v) is 5.88. The maximum atomic E-state index is 5.96. The van der Waals surface area contributed by atoms with Crippen molar-refractivity contribution in [2.75, 3.05) is 0 Å². The Morgan fingerprint density at radius 3 is 2.56 bits per heavy atom. The van der Waals surface area contributed by atoms with E-state index in [1.165, 1.54) is 0 Å². The van der Waals surface area contributed by atoms with E-state index in [0.717, 1.165) is 16.8 Å². The Morgan fingerprint density at radius 1 is 0.880 bits per heavy atom. The third-order valence-electron chi connectivity index (χ3n) is 3.94. The zero-order valence-corrected chi connectivity index (χ0v) is 13.5. The molecule has 0 aliphatic heterocycles. The first kappa shape index (κ1) is 14.1. The predicted molar refractivity (Wildman–Crippen MR) is 93.7 cm³/mol. The molecule has 5 rings (SSSR count). The molecule has 0 bridgehead atoms. The molecule has 7 nitrogen and oxygen atoms in total. The molecule has 120 valence electrons. The molecule has 0 saturated heterocycles. The minimum atomic E-state index is 0.643. The molecule has 0 amide bonds. The maximum absolute atomic E-state index is 5.96. The molecule has 4 aromatic heterocycles. The predicted octanol–water partition coefficient (Wildman–Crippen LogP) is 3.18. The average Bonchev–Trinajstić information content (AvgIpc) is 3.27. The number of hydrogen-bond donors (Lipinski definition) is 0. The summed E-state index contributed by atoms with van der Waals surface area (Å²) in [5, 5.41) is 14.5. The summed E-state index contributed by atoms with van der Waals surface area (Å²) in [5.74, 6) is 0.643. The molecule has 0 aliphatic rings. The minimum Gasteiger partial charge on any atom is -0.263 e. The molecule has 0 saturated carbocycles. The van der Waals surface area contributed by atoms with Crippen molar-refractivity contribution in [1.82, 2.24) is 34.3 Å². The van der Waals surface area contributed by atoms with Gasteiger partial charge >= 0.3 is 0 Å². The maximum Gasteiger partial charge on any atom is 0.188 e. The Hall–Kier alpha value is -3.32. The van der Waals surface area contributed by atoms with Crippen molar-refractivity contribution >= 4 is 28.3 Å². The highest BCUT2D eigenvalue weighted by Gasteiger charge is 2.15. The largest absolute Gasteiger partial charge is 0.263 e. The van der Waals surface area contributed by atoms with E-state index in [4.69, 9.17) is 11.6 Å². The van der Waals surface area contributed by atoms with Crippen molar-refractivity contribution in [3.05, 3.63) is 66.2 Å². The summed E-state index contributed by atoms with van der Waals surface area (Å²) in [6.07, 6.45) is 5.15. The van der Waals surface area contributed by atoms with Crippen molar-refractivity contribution in [2.45, 2.75) is 0 Å². The zero-order valence-electron chi connectivity index (χ0n) is 12.8. The Balaban J connectivity index is 1.73. The topological polar surface area (TPSA) is 73.8 Å². The second kappa shape index (κ2) is 5.35. The lowest BCUT2D eigenvalue weighted by molar-refractivity contribution is 0.893. The van der Waals surface area contributed by atoms with Crippen molar-refractivity contribution in [1.29, 1.82) is 0 Å². The summed E-state index contributed by atoms with van der Waals surface area (Å²) < 4.78 is 3.57. The number of halogens is 1. The number of pyridine rings is 1. The van der Waals surface area contributed by atoms with Gasteiger partial charge in [-0.1, -0.05) is 17.7 Å². The molecule has 0 atom stereocenters. The van der Waals surface area contributed by atoms with Crippen LogP contribution in [0.3, 0.4) is 0 Å². The van der Waals surface area contributed by atoms with Gasteiger partial charge in [0.15, 0.2) is 17.1 Å². The van der Waals surface area contributed by atoms with Crippen LogP contribution in [-0.4, -0.2) is 34.3 Å². The van der Waals surface area contributed by atoms with E-state index in [1.54, 1.807) is 23.4 Å². The number of nitrogens with zero attached hydrogens (tertiary/aromatic N) is 7. The van der Waals surface area contributed by atoms with Gasteiger partial charge in [0.1, 0.15) is 12.0 Å². The molecule has 0 aliphatic carbocycles. The highest BCUT2D eigenvalue weighted by molar-refractivity contribution is 6.30. The van der Waals surface area contributed by atoms with Gasteiger partial charge in [-0.15, -0.1) is 10.2 Å². The normalized spacial score (nSPS) is 11.4. The van der Waals surface area contributed by atoms with Crippen LogP contribution < -0.4 is 0 Å². The van der Waals surface area contributed by atoms with Crippen molar-refractivity contribution < 1.29 is 0 Å². The first-order valence-corrected chi connectivity index (χ1v) is 7.94. The van der Waals surface area contributed by atoms with Crippen LogP contribution in [0.1, 0.15) is 0 Å². The summed E-state index contributed by atoms with van der Waals surface area (Å²) in [4.78, 5) is 8.88. The monoisotopic (exact) mass is 347 g/mol. The number of fused-ring (bicyclic) bond motifs is 3. The van der Waals surface area contributed by atoms with Gasteiger partial charge in [0.25, 0.3) is 0 Å². The van der Waals surface area contributed by atoms with E-state index >= 15 is 0 Å². The van der Waals surface area contributed by atoms with Gasteiger partial charge in [0.05, 0.1) is 17.3 Å². The molecule has 0 N–H and O–H groups in total. The smallest absolute Gasteiger partial charge is 0.188 e. The fourth-order valence-electron chi connectivity index (χ4n) is 2.76. The first-order valence-electron chi connectivity index (χ1n) is 7.56. The Bertz CT molecular complexity index is 1190. The SMILES string of the molecule is Clc1ccc(-n2ncc3c2ncn2c(-c4ccccn4)nnc32)cc1. The second-order valence-electron chi connectivity index (χ2n) is 5.45. The van der Waals surface area contributed by atoms with Gasteiger partial charge in [-0.05, 0) is 36.4 Å². The van der Waals surface area contributed by atoms with Gasteiger partial charge in [-0.25, -0.2) is 9.67 Å². The van der Waals surface area contributed by atoms with Crippen LogP contribution in [0.5, 0.6) is 0 Å². The summed E-state index contributed by atoms with van der Waals surface area (Å²) in [5.41, 5.74) is 3.00. The fourth-order valence-corrected chi connectivity index (χ4v) is 2.89. The summed E-state index contributed by atoms with van der Waals surface area (Å²) >= 11 is 5.96. The molecular formula is C17H10ClN7. The molecule has 0 unspecified atom stereocenters. The highest BCUT2D eigenvalue weighted by Crippen LogP contribution is 2.23. The highest BCUT2D eigenvalue weighted by atomic mass is 35.5. The van der Waals surface area contributed by atoms with E-state index in [1.807, 2.05) is 46.9 Å². The van der Waals surface area contributed by atoms with Crippen molar-refractivity contribution in [3.8, 4) is 17.2 Å². The molecule has 1 aromatic carbocycles. The van der Waals surface area contributed by atoms with Crippen LogP contribution in [0.4, 0.5) is 0 Å². The number of rotatable bonds is 2. The van der Waals surface area contributed by atoms with Gasteiger partial charge < -0.3 is 0 Å². The van der Waals surface area contributed by atoms with E-state index in [-0.39, 0.29) is 0 Å². The van der Waals surface area contributed by atoms with E-state index in [2.05, 4.69) is 25.3 Å². The Labute approximate surface area is 146 Å². The van der Waals surface area contributed by atoms with Gasteiger partial charge in [0.2, 0.25) is 0 Å². The molecule has 8 heteroatoms. The van der Waals surface area contributed by atoms with Crippen LogP contribution in [0.25, 0.3) is 33.9 Å². The molecule has 0 spiro atoms. The van der Waals surface area contributed by atoms with Crippen LogP contribution in [-0.2, 0) is 0 Å². The zero-order chi connectivity index (χ0) is 16.8. The molecule has 25 heavy (non-hydrogen) atoms. The molecule has 4 heterocycles. The fraction of sp³-hybridized carbons (Fsp3) is 0. The van der Waals surface area contributed by atoms with Gasteiger partial charge in [-0.3, -0.25) is 9.38 Å². The summed E-state index contributed by atoms with van der Waals surface area (Å²) in [7, 11) is 0. The van der Waals surface area contributed by atoms with Gasteiger partial charge in [0, 0.05) is 11.2 Å². The minimum absolute atomic E-state index is 0.643. The molecular weight excluding hydrogens is 338 g/mol. The van der Waals surface area contributed by atoms with Crippen LogP contribution in [0, 0.1) is 0 Å². The van der Waals surface area contributed by atoms with E-state index in [0.29, 0.717) is 22.1 Å². The van der Waals surface area contributed by atoms with Crippen molar-refractivity contribution in [3.63, 3.8) is 0 Å². The Kier molecular flexibility index (Phi) is 3.01. The quantitative estimate of drug-likeness (QED) is 0.490. The summed E-state index contributed by atoms with van der Waals surface area (Å²) in [6, 6.07) is 13.1. The van der Waals surface area contributed by atoms with Crippen LogP contribution >= 0.6 is 11.6 Å². The standard InChI is InChI=1S/C17H10ClN7/c18-11-4-6-12(7-5-11)25-15-13(9-21-25)16-22-23-17(24(16)10-20-15)14-3-1-2-8-19-14/h1-10H. The lowest BCUT2D eigenvalue weighted by atomic mass is 10.3. The first-order chi connectivity index (χ1) is 12.3. The van der Waals surface area contributed by atoms with Crippen molar-refractivity contribution in [2.24, 2.45) is 0 Å².